The number of benzene rings is 1. The smallest absolute Gasteiger partial charge is 0.186 e. The lowest BCUT2D eigenvalue weighted by Crippen LogP contribution is -2.44. The first-order valence-corrected chi connectivity index (χ1v) is 12.9. The zero-order chi connectivity index (χ0) is 27.6. The molecular formula is C25H41N9O2S. The minimum atomic E-state index is -0.136. The van der Waals surface area contributed by atoms with Crippen molar-refractivity contribution in [2.24, 2.45) is 22.4 Å². The van der Waals surface area contributed by atoms with E-state index in [1.54, 1.807) is 11.8 Å². The molecule has 2 heterocycles. The average Bonchev–Trinajstić information content (AvgIpc) is 2.91. The fourth-order valence-corrected chi connectivity index (χ4v) is 4.24. The van der Waals surface area contributed by atoms with Gasteiger partial charge in [0.05, 0.1) is 12.2 Å². The van der Waals surface area contributed by atoms with Crippen LogP contribution in [0.3, 0.4) is 0 Å². The predicted octanol–water partition coefficient (Wildman–Crippen LogP) is 0.989. The fraction of sp³-hybridized carbons (Fsp3) is 0.440. The van der Waals surface area contributed by atoms with E-state index in [4.69, 9.17) is 11.6 Å². The summed E-state index contributed by atoms with van der Waals surface area (Å²) in [5.41, 5.74) is 11.9. The maximum absolute atomic E-state index is 10.5. The molecule has 11 nitrogen and oxygen atoms in total. The van der Waals surface area contributed by atoms with E-state index in [0.717, 1.165) is 59.6 Å². The van der Waals surface area contributed by atoms with Crippen molar-refractivity contribution in [2.45, 2.75) is 17.9 Å². The van der Waals surface area contributed by atoms with E-state index in [2.05, 4.69) is 43.6 Å². The summed E-state index contributed by atoms with van der Waals surface area (Å²) in [6.45, 7) is 4.61. The van der Waals surface area contributed by atoms with Gasteiger partial charge in [-0.25, -0.2) is 15.9 Å². The highest BCUT2D eigenvalue weighted by molar-refractivity contribution is 7.99. The largest absolute Gasteiger partial charge is 0.380 e. The molecule has 1 aromatic carbocycles. The summed E-state index contributed by atoms with van der Waals surface area (Å²) in [5.74, 6) is 7.21. The van der Waals surface area contributed by atoms with Crippen molar-refractivity contribution in [1.29, 1.82) is 0 Å². The zero-order valence-corrected chi connectivity index (χ0v) is 23.1. The second kappa shape index (κ2) is 18.1. The molecule has 0 saturated carbocycles. The number of hydrazone groups is 1. The summed E-state index contributed by atoms with van der Waals surface area (Å²) in [5, 5.41) is 4.75. The van der Waals surface area contributed by atoms with Gasteiger partial charge in [-0.3, -0.25) is 4.79 Å². The van der Waals surface area contributed by atoms with Gasteiger partial charge in [-0.2, -0.15) is 0 Å². The summed E-state index contributed by atoms with van der Waals surface area (Å²) in [4.78, 5) is 33.2. The minimum Gasteiger partial charge on any atom is -0.380 e. The van der Waals surface area contributed by atoms with E-state index in [-0.39, 0.29) is 5.84 Å². The van der Waals surface area contributed by atoms with Crippen LogP contribution in [0.25, 0.3) is 0 Å². The highest BCUT2D eigenvalue weighted by Gasteiger charge is 2.17. The van der Waals surface area contributed by atoms with Gasteiger partial charge >= 0.3 is 0 Å². The molecule has 6 N–H and O–H groups in total. The molecule has 1 saturated heterocycles. The normalized spacial score (nSPS) is 13.5. The molecule has 37 heavy (non-hydrogen) atoms. The van der Waals surface area contributed by atoms with Gasteiger partial charge in [-0.1, -0.05) is 30.3 Å². The second-order valence-electron chi connectivity index (χ2n) is 8.22. The van der Waals surface area contributed by atoms with E-state index >= 15 is 0 Å². The third-order valence-electron chi connectivity index (χ3n) is 5.19. The molecule has 3 rings (SSSR count). The standard InChI is InChI=1S/C15H24N4OS.C9H12N4O.CH5N/c1-17(2)13-11-15(19-7-5-18(3)6-8-19)16-12-14(13)21-10-4-9-20;10-9(7-14)12-13(11)6-8-4-2-1-3-5-8;1-2/h9,11-12H,4-8,10H2,1-3H3;1-5,7H,6,11H2,(H2,10,12);2H2,1H3. The van der Waals surface area contributed by atoms with Gasteiger partial charge in [0.25, 0.3) is 0 Å². The Morgan fingerprint density at radius 2 is 1.78 bits per heavy atom. The van der Waals surface area contributed by atoms with Crippen LogP contribution in [0.4, 0.5) is 11.5 Å². The van der Waals surface area contributed by atoms with Gasteiger partial charge < -0.3 is 31.0 Å². The Bertz CT molecular complexity index is 952. The number of hydrazine groups is 1. The number of carbonyl (C=O) groups is 2. The number of nitrogens with zero attached hydrogens (tertiary/aromatic N) is 6. The monoisotopic (exact) mass is 531 g/mol. The van der Waals surface area contributed by atoms with Gasteiger partial charge in [0, 0.05) is 69.6 Å². The Labute approximate surface area is 224 Å². The Kier molecular flexibility index (Phi) is 15.6. The number of carbonyl (C=O) groups excluding carboxylic acids is 2. The van der Waals surface area contributed by atoms with Crippen molar-refractivity contribution in [1.82, 2.24) is 15.0 Å². The molecule has 0 unspecified atom stereocenters. The molecule has 1 aromatic heterocycles. The first-order valence-electron chi connectivity index (χ1n) is 11.9. The SMILES string of the molecule is CN.CN1CCN(c2cc(N(C)C)c(SCCC=O)cn2)CC1.N/C(C=O)=N\N(N)Cc1ccccc1. The molecule has 0 spiro atoms. The maximum Gasteiger partial charge on any atom is 0.186 e. The molecule has 0 bridgehead atoms. The summed E-state index contributed by atoms with van der Waals surface area (Å²) in [6, 6.07) is 11.7. The number of rotatable bonds is 10. The van der Waals surface area contributed by atoms with Crippen LogP contribution in [0, 0.1) is 0 Å². The van der Waals surface area contributed by atoms with E-state index in [9.17, 15) is 9.59 Å². The molecule has 1 aliphatic heterocycles. The molecule has 0 aliphatic carbocycles. The summed E-state index contributed by atoms with van der Waals surface area (Å²) in [6.07, 6.45) is 3.94. The number of likely N-dealkylation sites (N-methyl/N-ethyl adjacent to an activating group) is 1. The van der Waals surface area contributed by atoms with Crippen LogP contribution < -0.4 is 27.1 Å². The van der Waals surface area contributed by atoms with Crippen molar-refractivity contribution < 1.29 is 9.59 Å². The number of anilines is 2. The topological polar surface area (TPSA) is 150 Å². The van der Waals surface area contributed by atoms with Crippen molar-refractivity contribution in [3.05, 3.63) is 48.2 Å². The summed E-state index contributed by atoms with van der Waals surface area (Å²) in [7, 11) is 7.75. The van der Waals surface area contributed by atoms with Gasteiger partial charge in [0.15, 0.2) is 12.1 Å². The quantitative estimate of drug-likeness (QED) is 0.0766. The highest BCUT2D eigenvalue weighted by Crippen LogP contribution is 2.31. The molecule has 1 fully saturated rings. The predicted molar refractivity (Wildman–Crippen MR) is 154 cm³/mol. The number of hydrogen-bond donors (Lipinski definition) is 3. The molecule has 1 aliphatic rings. The first kappa shape index (κ1) is 31.8. The van der Waals surface area contributed by atoms with Crippen molar-refractivity contribution >= 4 is 41.7 Å². The van der Waals surface area contributed by atoms with Crippen LogP contribution >= 0.6 is 11.8 Å². The van der Waals surface area contributed by atoms with Crippen molar-refractivity contribution in [3.8, 4) is 0 Å². The number of piperazine rings is 1. The van der Waals surface area contributed by atoms with E-state index in [1.807, 2.05) is 50.6 Å². The number of aldehydes is 2. The second-order valence-corrected chi connectivity index (χ2v) is 9.36. The molecule has 12 heteroatoms. The Balaban J connectivity index is 0.000000372. The van der Waals surface area contributed by atoms with Gasteiger partial charge in [-0.05, 0) is 19.7 Å². The Morgan fingerprint density at radius 1 is 1.14 bits per heavy atom. The van der Waals surface area contributed by atoms with Crippen LogP contribution in [0.1, 0.15) is 12.0 Å². The van der Waals surface area contributed by atoms with Crippen LogP contribution in [0.15, 0.2) is 52.6 Å². The Morgan fingerprint density at radius 3 is 2.35 bits per heavy atom. The lowest BCUT2D eigenvalue weighted by molar-refractivity contribution is -0.107. The van der Waals surface area contributed by atoms with Gasteiger partial charge in [0.2, 0.25) is 0 Å². The number of nitrogens with two attached hydrogens (primary N) is 3. The zero-order valence-electron chi connectivity index (χ0n) is 22.3. The molecular weight excluding hydrogens is 490 g/mol. The Hall–Kier alpha value is -3.19. The van der Waals surface area contributed by atoms with Gasteiger partial charge in [-0.15, -0.1) is 16.9 Å². The summed E-state index contributed by atoms with van der Waals surface area (Å²) < 4.78 is 0. The van der Waals surface area contributed by atoms with Crippen LogP contribution in [-0.4, -0.2) is 93.5 Å². The summed E-state index contributed by atoms with van der Waals surface area (Å²) >= 11 is 1.69. The lowest BCUT2D eigenvalue weighted by atomic mass is 10.2. The number of hydrogen-bond acceptors (Lipinski definition) is 11. The van der Waals surface area contributed by atoms with Crippen LogP contribution in [-0.2, 0) is 16.1 Å². The van der Waals surface area contributed by atoms with Crippen LogP contribution in [0.2, 0.25) is 0 Å². The van der Waals surface area contributed by atoms with Crippen molar-refractivity contribution in [3.63, 3.8) is 0 Å². The third kappa shape index (κ3) is 12.1. The van der Waals surface area contributed by atoms with Crippen molar-refractivity contribution in [2.75, 3.05) is 69.9 Å². The highest BCUT2D eigenvalue weighted by atomic mass is 32.2. The number of pyridine rings is 1. The number of thioether (sulfide) groups is 1. The minimum absolute atomic E-state index is 0.136. The molecule has 0 atom stereocenters. The molecule has 204 valence electrons. The van der Waals surface area contributed by atoms with Crippen LogP contribution in [0.5, 0.6) is 0 Å². The first-order chi connectivity index (χ1) is 17.8. The third-order valence-corrected chi connectivity index (χ3v) is 6.25. The van der Waals surface area contributed by atoms with E-state index in [1.165, 1.54) is 12.7 Å². The molecule has 0 amide bonds. The number of aromatic nitrogens is 1. The maximum atomic E-state index is 10.5. The average molecular weight is 532 g/mol. The molecule has 0 radical (unpaired) electrons. The van der Waals surface area contributed by atoms with E-state index < -0.39 is 0 Å². The molecule has 2 aromatic rings. The fourth-order valence-electron chi connectivity index (χ4n) is 3.29. The lowest BCUT2D eigenvalue weighted by Gasteiger charge is -2.33. The number of amidine groups is 1. The van der Waals surface area contributed by atoms with Gasteiger partial charge in [0.1, 0.15) is 12.1 Å². The van der Waals surface area contributed by atoms with E-state index in [0.29, 0.717) is 19.3 Å².